The van der Waals surface area contributed by atoms with Crippen LogP contribution in [0.4, 0.5) is 0 Å². The summed E-state index contributed by atoms with van der Waals surface area (Å²) in [6.07, 6.45) is 0. The van der Waals surface area contributed by atoms with Crippen LogP contribution in [-0.2, 0) is 9.59 Å². The standard InChI is InChI=1S/2C2H2Cl2O/c2*3-1-2(4)5/h2*1H2. The minimum atomic E-state index is -0.508. The van der Waals surface area contributed by atoms with E-state index >= 15 is 0 Å². The lowest BCUT2D eigenvalue weighted by atomic mass is 10.9. The minimum Gasteiger partial charge on any atom is -0.280 e. The Morgan fingerprint density at radius 3 is 1.00 bits per heavy atom. The lowest BCUT2D eigenvalue weighted by molar-refractivity contribution is -0.110. The van der Waals surface area contributed by atoms with Crippen LogP contribution in [-0.4, -0.2) is 22.2 Å². The van der Waals surface area contributed by atoms with Crippen molar-refractivity contribution in [3.63, 3.8) is 0 Å². The SMILES string of the molecule is O=C(Cl)CCl.O=C(Cl)CCl. The maximum Gasteiger partial charge on any atom is 0.236 e. The Balaban J connectivity index is 0. The predicted molar refractivity (Wildman–Crippen MR) is 43.2 cm³/mol. The van der Waals surface area contributed by atoms with E-state index in [1.807, 2.05) is 0 Å². The Morgan fingerprint density at radius 2 is 1.00 bits per heavy atom. The van der Waals surface area contributed by atoms with Crippen LogP contribution in [0.15, 0.2) is 0 Å². The van der Waals surface area contributed by atoms with E-state index in [4.69, 9.17) is 46.4 Å². The van der Waals surface area contributed by atoms with Crippen molar-refractivity contribution in [1.82, 2.24) is 0 Å². The second-order valence-corrected chi connectivity index (χ2v) is 2.36. The van der Waals surface area contributed by atoms with Crippen molar-refractivity contribution in [2.24, 2.45) is 0 Å². The fourth-order valence-electron chi connectivity index (χ4n) is 0. The Kier molecular flexibility index (Phi) is 12.5. The summed E-state index contributed by atoms with van der Waals surface area (Å²) in [5.74, 6) is -0.191. The molecule has 0 aliphatic rings. The molecule has 0 atom stereocenters. The first-order valence-electron chi connectivity index (χ1n) is 2.03. The van der Waals surface area contributed by atoms with Crippen molar-refractivity contribution >= 4 is 56.9 Å². The Hall–Kier alpha value is 0.500. The van der Waals surface area contributed by atoms with E-state index in [0.717, 1.165) is 0 Å². The summed E-state index contributed by atoms with van der Waals surface area (Å²) in [5, 5.41) is -1.02. The summed E-state index contributed by atoms with van der Waals surface area (Å²) in [7, 11) is 0. The second kappa shape index (κ2) is 9.50. The molecule has 2 nitrogen and oxygen atoms in total. The first-order valence-corrected chi connectivity index (χ1v) is 3.85. The highest BCUT2D eigenvalue weighted by Gasteiger charge is 1.83. The molecule has 0 heterocycles. The molecule has 0 spiro atoms. The predicted octanol–water partition coefficient (Wildman–Crippen LogP) is 1.98. The summed E-state index contributed by atoms with van der Waals surface area (Å²) >= 11 is 19.1. The summed E-state index contributed by atoms with van der Waals surface area (Å²) < 4.78 is 0. The maximum atomic E-state index is 9.45. The molecule has 60 valence electrons. The van der Waals surface area contributed by atoms with Crippen molar-refractivity contribution < 1.29 is 9.59 Å². The van der Waals surface area contributed by atoms with E-state index in [2.05, 4.69) is 0 Å². The summed E-state index contributed by atoms with van der Waals surface area (Å²) in [6, 6.07) is 0. The molecule has 0 fully saturated rings. The highest BCUT2D eigenvalue weighted by Crippen LogP contribution is 1.80. The largest absolute Gasteiger partial charge is 0.280 e. The number of carbonyl (C=O) groups is 2. The van der Waals surface area contributed by atoms with Crippen LogP contribution in [0.5, 0.6) is 0 Å². The van der Waals surface area contributed by atoms with Crippen LogP contribution in [0.25, 0.3) is 0 Å². The second-order valence-electron chi connectivity index (χ2n) is 0.978. The van der Waals surface area contributed by atoms with Crippen LogP contribution in [0.2, 0.25) is 0 Å². The number of alkyl halides is 2. The van der Waals surface area contributed by atoms with E-state index < -0.39 is 10.5 Å². The molecule has 0 aliphatic heterocycles. The topological polar surface area (TPSA) is 34.1 Å². The lowest BCUT2D eigenvalue weighted by Crippen LogP contribution is -1.81. The van der Waals surface area contributed by atoms with Crippen molar-refractivity contribution in [2.45, 2.75) is 0 Å². The van der Waals surface area contributed by atoms with Gasteiger partial charge in [-0.25, -0.2) is 0 Å². The van der Waals surface area contributed by atoms with Gasteiger partial charge >= 0.3 is 0 Å². The number of hydrogen-bond donors (Lipinski definition) is 0. The molecule has 10 heavy (non-hydrogen) atoms. The molecule has 0 N–H and O–H groups in total. The van der Waals surface area contributed by atoms with Gasteiger partial charge in [0.15, 0.2) is 0 Å². The van der Waals surface area contributed by atoms with Crippen LogP contribution < -0.4 is 0 Å². The van der Waals surface area contributed by atoms with E-state index in [1.54, 1.807) is 0 Å². The number of carbonyl (C=O) groups excluding carboxylic acids is 2. The van der Waals surface area contributed by atoms with Gasteiger partial charge in [0.05, 0.1) is 11.8 Å². The Morgan fingerprint density at radius 1 is 0.900 bits per heavy atom. The molecular formula is C4H4Cl4O2. The van der Waals surface area contributed by atoms with Gasteiger partial charge in [0.1, 0.15) is 0 Å². The zero-order valence-corrected chi connectivity index (χ0v) is 7.77. The Labute approximate surface area is 78.4 Å². The van der Waals surface area contributed by atoms with Gasteiger partial charge in [-0.15, -0.1) is 23.2 Å². The van der Waals surface area contributed by atoms with Gasteiger partial charge in [-0.3, -0.25) is 9.59 Å². The third-order valence-corrected chi connectivity index (χ3v) is 1.24. The number of hydrogen-bond acceptors (Lipinski definition) is 2. The fraction of sp³-hybridized carbons (Fsp3) is 0.500. The van der Waals surface area contributed by atoms with Crippen molar-refractivity contribution in [1.29, 1.82) is 0 Å². The fourth-order valence-corrected chi connectivity index (χ4v) is 0. The third-order valence-electron chi connectivity index (χ3n) is 0.210. The smallest absolute Gasteiger partial charge is 0.236 e. The van der Waals surface area contributed by atoms with Crippen molar-refractivity contribution in [2.75, 3.05) is 11.8 Å². The molecule has 0 amide bonds. The molecule has 0 bridgehead atoms. The van der Waals surface area contributed by atoms with E-state index in [0.29, 0.717) is 0 Å². The molecule has 0 saturated carbocycles. The first kappa shape index (κ1) is 13.1. The van der Waals surface area contributed by atoms with Gasteiger partial charge in [-0.05, 0) is 23.2 Å². The molecule has 0 aromatic carbocycles. The zero-order chi connectivity index (χ0) is 8.57. The minimum absolute atomic E-state index is 0.0957. The van der Waals surface area contributed by atoms with E-state index in [9.17, 15) is 9.59 Å². The van der Waals surface area contributed by atoms with Gasteiger partial charge in [0.2, 0.25) is 10.5 Å². The average Bonchev–Trinajstić information content (AvgIpc) is 1.89. The summed E-state index contributed by atoms with van der Waals surface area (Å²) in [4.78, 5) is 18.9. The quantitative estimate of drug-likeness (QED) is 0.532. The summed E-state index contributed by atoms with van der Waals surface area (Å²) in [6.45, 7) is 0. The van der Waals surface area contributed by atoms with Crippen LogP contribution >= 0.6 is 46.4 Å². The van der Waals surface area contributed by atoms with E-state index in [1.165, 1.54) is 0 Å². The normalized spacial score (nSPS) is 7.60. The summed E-state index contributed by atoms with van der Waals surface area (Å²) in [5.41, 5.74) is 0. The number of halogens is 4. The van der Waals surface area contributed by atoms with Gasteiger partial charge < -0.3 is 0 Å². The van der Waals surface area contributed by atoms with Gasteiger partial charge in [0, 0.05) is 0 Å². The lowest BCUT2D eigenvalue weighted by Gasteiger charge is -1.65. The van der Waals surface area contributed by atoms with E-state index in [-0.39, 0.29) is 11.8 Å². The van der Waals surface area contributed by atoms with Gasteiger partial charge in [-0.1, -0.05) is 0 Å². The zero-order valence-electron chi connectivity index (χ0n) is 4.74. The molecule has 0 aromatic heterocycles. The molecule has 0 aromatic rings. The highest BCUT2D eigenvalue weighted by molar-refractivity contribution is 6.68. The van der Waals surface area contributed by atoms with Crippen LogP contribution in [0, 0.1) is 0 Å². The van der Waals surface area contributed by atoms with Crippen LogP contribution in [0.1, 0.15) is 0 Å². The molecule has 0 radical (unpaired) electrons. The molecule has 0 aliphatic carbocycles. The molecule has 0 unspecified atom stereocenters. The average molecular weight is 226 g/mol. The highest BCUT2D eigenvalue weighted by atomic mass is 35.5. The molecule has 0 saturated heterocycles. The van der Waals surface area contributed by atoms with Crippen molar-refractivity contribution in [3.05, 3.63) is 0 Å². The van der Waals surface area contributed by atoms with Gasteiger partial charge in [0.25, 0.3) is 0 Å². The van der Waals surface area contributed by atoms with Crippen molar-refractivity contribution in [3.8, 4) is 0 Å². The Bertz CT molecular complexity index is 99.8. The monoisotopic (exact) mass is 224 g/mol. The molecule has 6 heteroatoms. The maximum absolute atomic E-state index is 9.45. The van der Waals surface area contributed by atoms with Gasteiger partial charge in [-0.2, -0.15) is 0 Å². The number of rotatable bonds is 2. The third kappa shape index (κ3) is 23.6. The molecule has 0 rings (SSSR count). The molecular weight excluding hydrogens is 222 g/mol. The first-order chi connectivity index (χ1) is 4.54. The van der Waals surface area contributed by atoms with Crippen LogP contribution in [0.3, 0.4) is 0 Å².